The molecule has 1 saturated carbocycles. The first-order valence-electron chi connectivity index (χ1n) is 7.64. The first kappa shape index (κ1) is 15.7. The van der Waals surface area contributed by atoms with Crippen LogP contribution in [0.5, 0.6) is 0 Å². The maximum Gasteiger partial charge on any atom is 0.271 e. The van der Waals surface area contributed by atoms with Crippen LogP contribution in [0.25, 0.3) is 0 Å². The second-order valence-electron chi connectivity index (χ2n) is 5.68. The van der Waals surface area contributed by atoms with E-state index in [9.17, 15) is 14.7 Å². The van der Waals surface area contributed by atoms with Gasteiger partial charge in [0, 0.05) is 19.2 Å². The van der Waals surface area contributed by atoms with E-state index in [2.05, 4.69) is 10.4 Å². The highest BCUT2D eigenvalue weighted by Gasteiger charge is 2.23. The number of nitrogens with one attached hydrogen (secondary N) is 1. The van der Waals surface area contributed by atoms with Crippen molar-refractivity contribution in [1.82, 2.24) is 15.1 Å². The third-order valence-electron chi connectivity index (χ3n) is 3.89. The molecular weight excluding hydrogens is 270 g/mol. The summed E-state index contributed by atoms with van der Waals surface area (Å²) in [5, 5.41) is 16.4. The number of carbonyl (C=O) groups excluding carboxylic acids is 1. The predicted molar refractivity (Wildman–Crippen MR) is 79.1 cm³/mol. The van der Waals surface area contributed by atoms with Crippen LogP contribution in [0.3, 0.4) is 0 Å². The lowest BCUT2D eigenvalue weighted by Crippen LogP contribution is -2.32. The van der Waals surface area contributed by atoms with Gasteiger partial charge in [0.05, 0.1) is 6.10 Å². The molecule has 0 saturated heterocycles. The molecule has 1 heterocycles. The summed E-state index contributed by atoms with van der Waals surface area (Å²) in [6, 6.07) is 2.85. The van der Waals surface area contributed by atoms with Gasteiger partial charge in [-0.25, -0.2) is 4.68 Å². The molecule has 0 spiro atoms. The van der Waals surface area contributed by atoms with Crippen molar-refractivity contribution in [2.24, 2.45) is 5.92 Å². The topological polar surface area (TPSA) is 84.2 Å². The van der Waals surface area contributed by atoms with E-state index in [1.165, 1.54) is 16.8 Å². The normalized spacial score (nSPS) is 21.4. The summed E-state index contributed by atoms with van der Waals surface area (Å²) in [4.78, 5) is 23.7. The molecule has 116 valence electrons. The molecule has 21 heavy (non-hydrogen) atoms. The molecule has 1 fully saturated rings. The average molecular weight is 293 g/mol. The number of carbonyl (C=O) groups is 1. The lowest BCUT2D eigenvalue weighted by atomic mass is 10.1. The summed E-state index contributed by atoms with van der Waals surface area (Å²) in [6.07, 6.45) is 4.07. The fourth-order valence-electron chi connectivity index (χ4n) is 2.60. The monoisotopic (exact) mass is 293 g/mol. The number of unbranched alkanes of at least 4 members (excludes halogenated alkanes) is 1. The number of aryl methyl sites for hydroxylation is 1. The molecule has 1 aromatic heterocycles. The maximum absolute atomic E-state index is 12.1. The fraction of sp³-hybridized carbons (Fsp3) is 0.667. The molecule has 1 aromatic rings. The van der Waals surface area contributed by atoms with Crippen LogP contribution < -0.4 is 10.9 Å². The van der Waals surface area contributed by atoms with Gasteiger partial charge in [-0.05, 0) is 37.7 Å². The van der Waals surface area contributed by atoms with Crippen LogP contribution in [0, 0.1) is 5.92 Å². The van der Waals surface area contributed by atoms with Gasteiger partial charge in [-0.2, -0.15) is 5.10 Å². The van der Waals surface area contributed by atoms with Gasteiger partial charge in [0.25, 0.3) is 11.5 Å². The summed E-state index contributed by atoms with van der Waals surface area (Å²) in [5.41, 5.74) is 0.0863. The first-order chi connectivity index (χ1) is 10.1. The molecule has 6 nitrogen and oxygen atoms in total. The van der Waals surface area contributed by atoms with Crippen LogP contribution in [0.2, 0.25) is 0 Å². The number of nitrogens with zero attached hydrogens (tertiary/aromatic N) is 2. The molecule has 2 atom stereocenters. The second kappa shape index (κ2) is 7.36. The van der Waals surface area contributed by atoms with Crippen LogP contribution in [0.4, 0.5) is 0 Å². The van der Waals surface area contributed by atoms with E-state index in [-0.39, 0.29) is 23.3 Å². The van der Waals surface area contributed by atoms with Crippen molar-refractivity contribution in [1.29, 1.82) is 0 Å². The SMILES string of the molecule is CCCCn1nc(C(=O)NCC2CCC(O)C2)ccc1=O. The number of aromatic nitrogens is 2. The van der Waals surface area contributed by atoms with Gasteiger partial charge in [0.15, 0.2) is 0 Å². The zero-order valence-corrected chi connectivity index (χ0v) is 12.4. The summed E-state index contributed by atoms with van der Waals surface area (Å²) in [5.74, 6) is 0.0663. The number of aliphatic hydroxyl groups is 1. The first-order valence-corrected chi connectivity index (χ1v) is 7.64. The third kappa shape index (κ3) is 4.39. The minimum Gasteiger partial charge on any atom is -0.393 e. The van der Waals surface area contributed by atoms with Gasteiger partial charge in [0.2, 0.25) is 0 Å². The Morgan fingerprint density at radius 1 is 1.48 bits per heavy atom. The van der Waals surface area contributed by atoms with E-state index in [0.717, 1.165) is 32.1 Å². The van der Waals surface area contributed by atoms with E-state index in [4.69, 9.17) is 0 Å². The molecule has 1 aliphatic carbocycles. The predicted octanol–water partition coefficient (Wildman–Crippen LogP) is 0.934. The van der Waals surface area contributed by atoms with Gasteiger partial charge < -0.3 is 10.4 Å². The Kier molecular flexibility index (Phi) is 5.50. The lowest BCUT2D eigenvalue weighted by Gasteiger charge is -2.11. The number of hydrogen-bond acceptors (Lipinski definition) is 4. The van der Waals surface area contributed by atoms with E-state index < -0.39 is 0 Å². The minimum atomic E-state index is -0.262. The summed E-state index contributed by atoms with van der Waals surface area (Å²) >= 11 is 0. The van der Waals surface area contributed by atoms with Crippen molar-refractivity contribution < 1.29 is 9.90 Å². The molecule has 1 amide bonds. The summed E-state index contributed by atoms with van der Waals surface area (Å²) < 4.78 is 1.34. The average Bonchev–Trinajstić information content (AvgIpc) is 2.89. The highest BCUT2D eigenvalue weighted by atomic mass is 16.3. The number of aliphatic hydroxyl groups excluding tert-OH is 1. The van der Waals surface area contributed by atoms with Gasteiger partial charge in [-0.1, -0.05) is 13.3 Å². The van der Waals surface area contributed by atoms with Gasteiger partial charge in [-0.15, -0.1) is 0 Å². The molecule has 0 bridgehead atoms. The van der Waals surface area contributed by atoms with Crippen LogP contribution in [0.1, 0.15) is 49.5 Å². The van der Waals surface area contributed by atoms with E-state index in [1.807, 2.05) is 6.92 Å². The Balaban J connectivity index is 1.94. The quantitative estimate of drug-likeness (QED) is 0.817. The van der Waals surface area contributed by atoms with Crippen molar-refractivity contribution >= 4 is 5.91 Å². The maximum atomic E-state index is 12.1. The van der Waals surface area contributed by atoms with Crippen LogP contribution in [-0.4, -0.2) is 33.4 Å². The highest BCUT2D eigenvalue weighted by molar-refractivity contribution is 5.91. The van der Waals surface area contributed by atoms with Gasteiger partial charge in [-0.3, -0.25) is 9.59 Å². The number of amides is 1. The molecular formula is C15H23N3O3. The molecule has 2 unspecified atom stereocenters. The third-order valence-corrected chi connectivity index (χ3v) is 3.89. The molecule has 6 heteroatoms. The largest absolute Gasteiger partial charge is 0.393 e. The molecule has 0 radical (unpaired) electrons. The van der Waals surface area contributed by atoms with Crippen LogP contribution >= 0.6 is 0 Å². The number of hydrogen-bond donors (Lipinski definition) is 2. The second-order valence-corrected chi connectivity index (χ2v) is 5.68. The number of rotatable bonds is 6. The van der Waals surface area contributed by atoms with E-state index in [0.29, 0.717) is 19.0 Å². The Morgan fingerprint density at radius 3 is 2.95 bits per heavy atom. The zero-order chi connectivity index (χ0) is 15.2. The summed E-state index contributed by atoms with van der Waals surface area (Å²) in [6.45, 7) is 3.12. The Morgan fingerprint density at radius 2 is 2.29 bits per heavy atom. The minimum absolute atomic E-state index is 0.182. The van der Waals surface area contributed by atoms with Crippen LogP contribution in [-0.2, 0) is 6.54 Å². The van der Waals surface area contributed by atoms with Crippen molar-refractivity contribution in [2.45, 2.75) is 51.7 Å². The Hall–Kier alpha value is -1.69. The molecule has 2 rings (SSSR count). The Bertz CT molecular complexity index is 541. The standard InChI is InChI=1S/C15H23N3O3/c1-2-3-8-18-14(20)7-6-13(17-18)15(21)16-10-11-4-5-12(19)9-11/h6-7,11-12,19H,2-5,8-10H2,1H3,(H,16,21). The van der Waals surface area contributed by atoms with Crippen LogP contribution in [0.15, 0.2) is 16.9 Å². The highest BCUT2D eigenvalue weighted by Crippen LogP contribution is 2.24. The van der Waals surface area contributed by atoms with Crippen molar-refractivity contribution in [3.63, 3.8) is 0 Å². The molecule has 0 aliphatic heterocycles. The molecule has 0 aromatic carbocycles. The summed E-state index contributed by atoms with van der Waals surface area (Å²) in [7, 11) is 0. The van der Waals surface area contributed by atoms with Crippen molar-refractivity contribution in [3.05, 3.63) is 28.2 Å². The Labute approximate surface area is 124 Å². The smallest absolute Gasteiger partial charge is 0.271 e. The van der Waals surface area contributed by atoms with E-state index in [1.54, 1.807) is 0 Å². The lowest BCUT2D eigenvalue weighted by molar-refractivity contribution is 0.0937. The zero-order valence-electron chi connectivity index (χ0n) is 12.4. The molecule has 1 aliphatic rings. The van der Waals surface area contributed by atoms with Crippen molar-refractivity contribution in [3.8, 4) is 0 Å². The molecule has 2 N–H and O–H groups in total. The fourth-order valence-corrected chi connectivity index (χ4v) is 2.60. The van der Waals surface area contributed by atoms with E-state index >= 15 is 0 Å². The van der Waals surface area contributed by atoms with Gasteiger partial charge >= 0.3 is 0 Å². The van der Waals surface area contributed by atoms with Crippen molar-refractivity contribution in [2.75, 3.05) is 6.54 Å². The van der Waals surface area contributed by atoms with Gasteiger partial charge in [0.1, 0.15) is 5.69 Å².